The second kappa shape index (κ2) is 6.34. The number of aliphatic hydroxyl groups is 1. The van der Waals surface area contributed by atoms with Crippen LogP contribution in [0.4, 0.5) is 0 Å². The lowest BCUT2D eigenvalue weighted by Crippen LogP contribution is -2.33. The lowest BCUT2D eigenvalue weighted by atomic mass is 10.1. The zero-order valence-electron chi connectivity index (χ0n) is 11.8. The van der Waals surface area contributed by atoms with E-state index in [0.29, 0.717) is 24.3 Å². The monoisotopic (exact) mass is 273 g/mol. The number of aryl methyl sites for hydroxylation is 2. The van der Waals surface area contributed by atoms with Gasteiger partial charge < -0.3 is 10.0 Å². The molecule has 106 valence electrons. The van der Waals surface area contributed by atoms with E-state index in [-0.39, 0.29) is 12.5 Å². The Kier molecular flexibility index (Phi) is 4.53. The molecule has 0 atom stereocenters. The summed E-state index contributed by atoms with van der Waals surface area (Å²) in [6, 6.07) is 9.74. The summed E-state index contributed by atoms with van der Waals surface area (Å²) in [4.78, 5) is 14.2. The maximum Gasteiger partial charge on any atom is 0.257 e. The third-order valence-electron chi connectivity index (χ3n) is 3.22. The molecule has 0 saturated carbocycles. The summed E-state index contributed by atoms with van der Waals surface area (Å²) in [5.41, 5.74) is 3.06. The average molecular weight is 273 g/mol. The van der Waals surface area contributed by atoms with Gasteiger partial charge in [0.2, 0.25) is 0 Å². The molecule has 0 radical (unpaired) electrons. The van der Waals surface area contributed by atoms with Crippen LogP contribution in [0.5, 0.6) is 0 Å². The number of aromatic nitrogens is 2. The van der Waals surface area contributed by atoms with Crippen molar-refractivity contribution in [3.05, 3.63) is 52.8 Å². The topological polar surface area (TPSA) is 69.2 Å². The maximum atomic E-state index is 12.6. The van der Waals surface area contributed by atoms with Crippen molar-refractivity contribution in [1.82, 2.24) is 15.1 Å². The molecule has 0 bridgehead atoms. The Balaban J connectivity index is 2.22. The molecule has 0 saturated heterocycles. The lowest BCUT2D eigenvalue weighted by Gasteiger charge is -2.22. The molecule has 2 aromatic rings. The minimum absolute atomic E-state index is 0.0610. The molecule has 2 rings (SSSR count). The average Bonchev–Trinajstić information content (AvgIpc) is 2.78. The first-order valence-electron chi connectivity index (χ1n) is 6.59. The van der Waals surface area contributed by atoms with Gasteiger partial charge in [0.25, 0.3) is 5.91 Å². The predicted molar refractivity (Wildman–Crippen MR) is 76.3 cm³/mol. The predicted octanol–water partition coefficient (Wildman–Crippen LogP) is 1.66. The van der Waals surface area contributed by atoms with Crippen LogP contribution in [-0.4, -0.2) is 39.3 Å². The highest BCUT2D eigenvalue weighted by atomic mass is 16.3. The van der Waals surface area contributed by atoms with Crippen molar-refractivity contribution in [2.75, 3.05) is 13.2 Å². The van der Waals surface area contributed by atoms with Gasteiger partial charge in [-0.25, -0.2) is 0 Å². The Labute approximate surface area is 118 Å². The minimum atomic E-state index is -0.105. The van der Waals surface area contributed by atoms with Crippen LogP contribution in [0.3, 0.4) is 0 Å². The van der Waals surface area contributed by atoms with Gasteiger partial charge in [-0.1, -0.05) is 30.3 Å². The van der Waals surface area contributed by atoms with Gasteiger partial charge in [-0.15, -0.1) is 0 Å². The number of benzene rings is 1. The van der Waals surface area contributed by atoms with E-state index in [1.165, 1.54) is 0 Å². The normalized spacial score (nSPS) is 10.6. The van der Waals surface area contributed by atoms with Crippen LogP contribution in [0, 0.1) is 13.8 Å². The highest BCUT2D eigenvalue weighted by molar-refractivity contribution is 5.96. The van der Waals surface area contributed by atoms with Crippen LogP contribution in [0.15, 0.2) is 30.3 Å². The Morgan fingerprint density at radius 3 is 2.55 bits per heavy atom. The van der Waals surface area contributed by atoms with Gasteiger partial charge in [-0.05, 0) is 19.4 Å². The first kappa shape index (κ1) is 14.3. The summed E-state index contributed by atoms with van der Waals surface area (Å²) < 4.78 is 0. The second-order valence-corrected chi connectivity index (χ2v) is 4.74. The summed E-state index contributed by atoms with van der Waals surface area (Å²) in [5, 5.41) is 16.1. The van der Waals surface area contributed by atoms with E-state index in [2.05, 4.69) is 10.2 Å². The van der Waals surface area contributed by atoms with Crippen LogP contribution in [-0.2, 0) is 6.54 Å². The van der Waals surface area contributed by atoms with Crippen molar-refractivity contribution in [1.29, 1.82) is 0 Å². The fourth-order valence-electron chi connectivity index (χ4n) is 2.20. The maximum absolute atomic E-state index is 12.6. The molecule has 20 heavy (non-hydrogen) atoms. The van der Waals surface area contributed by atoms with E-state index < -0.39 is 0 Å². The van der Waals surface area contributed by atoms with Crippen molar-refractivity contribution < 1.29 is 9.90 Å². The zero-order chi connectivity index (χ0) is 14.5. The van der Waals surface area contributed by atoms with Gasteiger partial charge in [-0.2, -0.15) is 5.10 Å². The first-order chi connectivity index (χ1) is 9.63. The van der Waals surface area contributed by atoms with Gasteiger partial charge in [-0.3, -0.25) is 9.89 Å². The fraction of sp³-hybridized carbons (Fsp3) is 0.333. The number of hydrogen-bond donors (Lipinski definition) is 2. The molecule has 5 nitrogen and oxygen atoms in total. The van der Waals surface area contributed by atoms with Crippen LogP contribution >= 0.6 is 0 Å². The Morgan fingerprint density at radius 1 is 1.30 bits per heavy atom. The van der Waals surface area contributed by atoms with E-state index in [0.717, 1.165) is 11.3 Å². The van der Waals surface area contributed by atoms with E-state index in [4.69, 9.17) is 0 Å². The third kappa shape index (κ3) is 3.05. The summed E-state index contributed by atoms with van der Waals surface area (Å²) in [5.74, 6) is -0.105. The van der Waals surface area contributed by atoms with Crippen LogP contribution in [0.2, 0.25) is 0 Å². The lowest BCUT2D eigenvalue weighted by molar-refractivity contribution is 0.0706. The summed E-state index contributed by atoms with van der Waals surface area (Å²) in [7, 11) is 0. The van der Waals surface area contributed by atoms with Crippen molar-refractivity contribution in [2.45, 2.75) is 20.4 Å². The number of carbonyl (C=O) groups is 1. The highest BCUT2D eigenvalue weighted by Gasteiger charge is 2.21. The standard InChI is InChI=1S/C15H19N3O2/c1-11-14(12(2)17-16-11)15(20)18(8-9-19)10-13-6-4-3-5-7-13/h3-7,19H,8-10H2,1-2H3,(H,16,17). The molecule has 0 aliphatic rings. The van der Waals surface area contributed by atoms with Crippen molar-refractivity contribution >= 4 is 5.91 Å². The molecule has 1 aromatic heterocycles. The summed E-state index contributed by atoms with van der Waals surface area (Å²) in [6.07, 6.45) is 0. The number of amides is 1. The van der Waals surface area contributed by atoms with Crippen molar-refractivity contribution in [2.24, 2.45) is 0 Å². The molecule has 5 heteroatoms. The number of nitrogens with zero attached hydrogens (tertiary/aromatic N) is 2. The second-order valence-electron chi connectivity index (χ2n) is 4.74. The number of aliphatic hydroxyl groups excluding tert-OH is 1. The zero-order valence-corrected chi connectivity index (χ0v) is 11.8. The highest BCUT2D eigenvalue weighted by Crippen LogP contribution is 2.15. The minimum Gasteiger partial charge on any atom is -0.395 e. The Morgan fingerprint density at radius 2 is 2.00 bits per heavy atom. The number of nitrogens with one attached hydrogen (secondary N) is 1. The molecule has 0 aliphatic heterocycles. The smallest absolute Gasteiger partial charge is 0.257 e. The molecule has 0 spiro atoms. The SMILES string of the molecule is Cc1n[nH]c(C)c1C(=O)N(CCO)Cc1ccccc1. The molecule has 2 N–H and O–H groups in total. The number of H-pyrrole nitrogens is 1. The summed E-state index contributed by atoms with van der Waals surface area (Å²) in [6.45, 7) is 4.35. The number of hydrogen-bond acceptors (Lipinski definition) is 3. The molecule has 0 unspecified atom stereocenters. The van der Waals surface area contributed by atoms with Crippen molar-refractivity contribution in [3.8, 4) is 0 Å². The third-order valence-corrected chi connectivity index (χ3v) is 3.22. The first-order valence-corrected chi connectivity index (χ1v) is 6.59. The van der Waals surface area contributed by atoms with E-state index in [9.17, 15) is 9.90 Å². The fourth-order valence-corrected chi connectivity index (χ4v) is 2.20. The summed E-state index contributed by atoms with van der Waals surface area (Å²) >= 11 is 0. The Bertz CT molecular complexity index is 559. The molecule has 1 amide bonds. The number of rotatable bonds is 5. The van der Waals surface area contributed by atoms with Crippen LogP contribution in [0.1, 0.15) is 27.3 Å². The molecule has 1 aromatic carbocycles. The molecule has 1 heterocycles. The Hall–Kier alpha value is -2.14. The van der Waals surface area contributed by atoms with Crippen LogP contribution in [0.25, 0.3) is 0 Å². The van der Waals surface area contributed by atoms with Gasteiger partial charge >= 0.3 is 0 Å². The van der Waals surface area contributed by atoms with Gasteiger partial charge in [0.05, 0.1) is 17.9 Å². The molecular formula is C15H19N3O2. The van der Waals surface area contributed by atoms with E-state index >= 15 is 0 Å². The van der Waals surface area contributed by atoms with Gasteiger partial charge in [0, 0.05) is 18.8 Å². The number of carbonyl (C=O) groups excluding carboxylic acids is 1. The van der Waals surface area contributed by atoms with Gasteiger partial charge in [0.1, 0.15) is 0 Å². The van der Waals surface area contributed by atoms with Crippen molar-refractivity contribution in [3.63, 3.8) is 0 Å². The molecular weight excluding hydrogens is 254 g/mol. The van der Waals surface area contributed by atoms with Crippen LogP contribution < -0.4 is 0 Å². The number of aromatic amines is 1. The quantitative estimate of drug-likeness (QED) is 0.870. The molecule has 0 aliphatic carbocycles. The van der Waals surface area contributed by atoms with Gasteiger partial charge in [0.15, 0.2) is 0 Å². The molecule has 0 fully saturated rings. The van der Waals surface area contributed by atoms with E-state index in [1.54, 1.807) is 11.8 Å². The van der Waals surface area contributed by atoms with E-state index in [1.807, 2.05) is 37.3 Å². The largest absolute Gasteiger partial charge is 0.395 e.